The lowest BCUT2D eigenvalue weighted by molar-refractivity contribution is -0.145. The van der Waals surface area contributed by atoms with Crippen molar-refractivity contribution in [3.63, 3.8) is 0 Å². The molecule has 2 rings (SSSR count). The van der Waals surface area contributed by atoms with Crippen molar-refractivity contribution in [1.29, 1.82) is 0 Å². The highest BCUT2D eigenvalue weighted by molar-refractivity contribution is 5.87. The van der Waals surface area contributed by atoms with Crippen LogP contribution in [-0.4, -0.2) is 56.7 Å². The molecule has 2 aromatic carbocycles. The third-order valence-corrected chi connectivity index (χ3v) is 4.38. The molecule has 0 amide bonds. The van der Waals surface area contributed by atoms with Gasteiger partial charge in [-0.1, -0.05) is 49.6 Å². The van der Waals surface area contributed by atoms with Crippen LogP contribution in [-0.2, 0) is 28.5 Å². The summed E-state index contributed by atoms with van der Waals surface area (Å²) in [6.07, 6.45) is -3.07. The maximum absolute atomic E-state index is 12.6. The molecule has 0 bridgehead atoms. The summed E-state index contributed by atoms with van der Waals surface area (Å²) >= 11 is 0. The van der Waals surface area contributed by atoms with Crippen molar-refractivity contribution < 1.29 is 42.8 Å². The zero-order chi connectivity index (χ0) is 26.3. The lowest BCUT2D eigenvalue weighted by atomic mass is 10.3. The average Bonchev–Trinajstić information content (AvgIpc) is 2.87. The minimum atomic E-state index is -1.09. The fourth-order valence-corrected chi connectivity index (χ4v) is 2.53. The molecule has 0 heterocycles. The van der Waals surface area contributed by atoms with E-state index < -0.39 is 30.3 Å². The number of benzene rings is 2. The molecule has 0 saturated carbocycles. The van der Waals surface area contributed by atoms with Gasteiger partial charge in [-0.2, -0.15) is 0 Å². The zero-order valence-corrected chi connectivity index (χ0v) is 20.3. The standard InChI is InChI=1S/C27H30O9/c1-19(2)25(28)33-17-23(15-31-21-11-7-5-8-12-21)35-27(30)36-24(18-34-26(29)20(3)4)16-32-22-13-9-6-10-14-22/h5-14,23-24H,1,3,15-18H2,2,4H3. The van der Waals surface area contributed by atoms with Crippen LogP contribution in [0.2, 0.25) is 0 Å². The molecule has 0 fully saturated rings. The molecular weight excluding hydrogens is 468 g/mol. The van der Waals surface area contributed by atoms with E-state index in [1.54, 1.807) is 48.5 Å². The Morgan fingerprint density at radius 3 is 1.33 bits per heavy atom. The molecule has 36 heavy (non-hydrogen) atoms. The summed E-state index contributed by atoms with van der Waals surface area (Å²) in [5, 5.41) is 0. The van der Waals surface area contributed by atoms with E-state index in [1.165, 1.54) is 13.8 Å². The molecule has 0 aliphatic heterocycles. The van der Waals surface area contributed by atoms with Gasteiger partial charge in [0.1, 0.15) is 37.9 Å². The first-order valence-electron chi connectivity index (χ1n) is 11.1. The smallest absolute Gasteiger partial charge is 0.490 e. The molecular formula is C27H30O9. The minimum absolute atomic E-state index is 0.113. The topological polar surface area (TPSA) is 107 Å². The summed E-state index contributed by atoms with van der Waals surface area (Å²) in [6.45, 7) is 9.23. The minimum Gasteiger partial charge on any atom is -0.490 e. The maximum atomic E-state index is 12.6. The fraction of sp³-hybridized carbons (Fsp3) is 0.296. The van der Waals surface area contributed by atoms with Gasteiger partial charge >= 0.3 is 18.1 Å². The molecule has 0 aromatic heterocycles. The molecule has 0 aliphatic carbocycles. The number of rotatable bonds is 14. The van der Waals surface area contributed by atoms with Gasteiger partial charge in [0.15, 0.2) is 12.2 Å². The van der Waals surface area contributed by atoms with E-state index in [4.69, 9.17) is 28.4 Å². The van der Waals surface area contributed by atoms with Crippen LogP contribution >= 0.6 is 0 Å². The molecule has 0 saturated heterocycles. The second-order valence-corrected chi connectivity index (χ2v) is 7.74. The molecule has 2 atom stereocenters. The third kappa shape index (κ3) is 10.8. The number of carbonyl (C=O) groups excluding carboxylic acids is 3. The van der Waals surface area contributed by atoms with Crippen LogP contribution in [0.15, 0.2) is 85.0 Å². The van der Waals surface area contributed by atoms with Crippen molar-refractivity contribution in [1.82, 2.24) is 0 Å². The molecule has 0 aliphatic rings. The highest BCUT2D eigenvalue weighted by atomic mass is 16.7. The van der Waals surface area contributed by atoms with E-state index in [1.807, 2.05) is 12.1 Å². The molecule has 0 spiro atoms. The molecule has 0 radical (unpaired) electrons. The SMILES string of the molecule is C=C(C)C(=O)OCC(COc1ccccc1)OC(=O)OC(COC(=O)C(=C)C)COc1ccccc1. The van der Waals surface area contributed by atoms with Crippen molar-refractivity contribution in [2.24, 2.45) is 0 Å². The Hall–Kier alpha value is -4.27. The summed E-state index contributed by atoms with van der Waals surface area (Å²) in [4.78, 5) is 36.2. The summed E-state index contributed by atoms with van der Waals surface area (Å²) in [5.74, 6) is -0.215. The molecule has 9 heteroatoms. The largest absolute Gasteiger partial charge is 0.509 e. The number of carbonyl (C=O) groups is 3. The van der Waals surface area contributed by atoms with E-state index in [9.17, 15) is 14.4 Å². The van der Waals surface area contributed by atoms with Crippen molar-refractivity contribution >= 4 is 18.1 Å². The van der Waals surface area contributed by atoms with Crippen LogP contribution in [0.4, 0.5) is 4.79 Å². The average molecular weight is 499 g/mol. The van der Waals surface area contributed by atoms with E-state index in [0.717, 1.165) is 0 Å². The zero-order valence-electron chi connectivity index (χ0n) is 20.3. The van der Waals surface area contributed by atoms with Crippen LogP contribution < -0.4 is 9.47 Å². The lowest BCUT2D eigenvalue weighted by Crippen LogP contribution is -2.35. The highest BCUT2D eigenvalue weighted by Gasteiger charge is 2.24. The second-order valence-electron chi connectivity index (χ2n) is 7.74. The van der Waals surface area contributed by atoms with Crippen LogP contribution in [0.5, 0.6) is 11.5 Å². The van der Waals surface area contributed by atoms with E-state index in [-0.39, 0.29) is 37.6 Å². The summed E-state index contributed by atoms with van der Waals surface area (Å²) in [6, 6.07) is 17.7. The Labute approximate surface area is 210 Å². The van der Waals surface area contributed by atoms with Crippen LogP contribution in [0.25, 0.3) is 0 Å². The summed E-state index contributed by atoms with van der Waals surface area (Å²) < 4.78 is 32.2. The number of hydrogen-bond donors (Lipinski definition) is 0. The fourth-order valence-electron chi connectivity index (χ4n) is 2.53. The predicted molar refractivity (Wildman–Crippen MR) is 131 cm³/mol. The van der Waals surface area contributed by atoms with Crippen molar-refractivity contribution in [3.8, 4) is 11.5 Å². The van der Waals surface area contributed by atoms with Gasteiger partial charge in [0.05, 0.1) is 0 Å². The van der Waals surface area contributed by atoms with Crippen LogP contribution in [0.3, 0.4) is 0 Å². The predicted octanol–water partition coefficient (Wildman–Crippen LogP) is 4.27. The first-order chi connectivity index (χ1) is 17.2. The first-order valence-corrected chi connectivity index (χ1v) is 11.1. The number of hydrogen-bond acceptors (Lipinski definition) is 9. The Morgan fingerprint density at radius 1 is 0.639 bits per heavy atom. The van der Waals surface area contributed by atoms with E-state index in [0.29, 0.717) is 11.5 Å². The highest BCUT2D eigenvalue weighted by Crippen LogP contribution is 2.13. The van der Waals surface area contributed by atoms with Gasteiger partial charge in [-0.3, -0.25) is 0 Å². The van der Waals surface area contributed by atoms with Crippen LogP contribution in [0, 0.1) is 0 Å². The normalized spacial score (nSPS) is 11.8. The Kier molecular flexibility index (Phi) is 11.6. The Morgan fingerprint density at radius 2 is 1.00 bits per heavy atom. The van der Waals surface area contributed by atoms with Gasteiger partial charge in [0.25, 0.3) is 0 Å². The van der Waals surface area contributed by atoms with E-state index in [2.05, 4.69) is 13.2 Å². The monoisotopic (exact) mass is 498 g/mol. The molecule has 192 valence electrons. The number of esters is 2. The van der Waals surface area contributed by atoms with Gasteiger partial charge < -0.3 is 28.4 Å². The summed E-state index contributed by atoms with van der Waals surface area (Å²) in [7, 11) is 0. The maximum Gasteiger partial charge on any atom is 0.509 e. The Bertz CT molecular complexity index is 937. The number of para-hydroxylation sites is 2. The lowest BCUT2D eigenvalue weighted by Gasteiger charge is -2.22. The van der Waals surface area contributed by atoms with Crippen molar-refractivity contribution in [2.45, 2.75) is 26.1 Å². The Balaban J connectivity index is 2.01. The quantitative estimate of drug-likeness (QED) is 0.214. The van der Waals surface area contributed by atoms with Crippen LogP contribution in [0.1, 0.15) is 13.8 Å². The molecule has 9 nitrogen and oxygen atoms in total. The van der Waals surface area contributed by atoms with Gasteiger partial charge in [-0.15, -0.1) is 0 Å². The molecule has 2 unspecified atom stereocenters. The van der Waals surface area contributed by atoms with Gasteiger partial charge in [-0.25, -0.2) is 14.4 Å². The van der Waals surface area contributed by atoms with Gasteiger partial charge in [0.2, 0.25) is 0 Å². The van der Waals surface area contributed by atoms with Crippen molar-refractivity contribution in [2.75, 3.05) is 26.4 Å². The number of ether oxygens (including phenoxy) is 6. The third-order valence-electron chi connectivity index (χ3n) is 4.38. The molecule has 0 N–H and O–H groups in total. The second kappa shape index (κ2) is 14.9. The molecule has 2 aromatic rings. The van der Waals surface area contributed by atoms with Gasteiger partial charge in [0, 0.05) is 11.1 Å². The van der Waals surface area contributed by atoms with E-state index >= 15 is 0 Å². The van der Waals surface area contributed by atoms with Gasteiger partial charge in [-0.05, 0) is 38.1 Å². The summed E-state index contributed by atoms with van der Waals surface area (Å²) in [5.41, 5.74) is 0.385. The van der Waals surface area contributed by atoms with Crippen molar-refractivity contribution in [3.05, 3.63) is 85.0 Å². The first kappa shape index (κ1) is 28.0.